The van der Waals surface area contributed by atoms with E-state index in [0.29, 0.717) is 0 Å². The number of aromatic hydroxyl groups is 1. The van der Waals surface area contributed by atoms with Gasteiger partial charge in [-0.2, -0.15) is 13.5 Å². The van der Waals surface area contributed by atoms with Crippen LogP contribution in [0.5, 0.6) is 5.75 Å². The van der Waals surface area contributed by atoms with Gasteiger partial charge in [-0.1, -0.05) is 18.2 Å². The van der Waals surface area contributed by atoms with Gasteiger partial charge < -0.3 is 29.0 Å². The molecule has 3 rings (SSSR count). The molecular formula is C22H20N4O11S2. The Bertz CT molecular complexity index is 1630. The van der Waals surface area contributed by atoms with Gasteiger partial charge in [0.05, 0.1) is 26.6 Å². The number of nitrogens with zero attached hydrogens (tertiary/aromatic N) is 3. The highest BCUT2D eigenvalue weighted by Crippen LogP contribution is 2.45. The number of phenolic OH excluding ortho intramolecular Hbond substituents is 1. The molecule has 0 unspecified atom stereocenters. The number of hydrogen-bond acceptors (Lipinski definition) is 11. The molecule has 0 radical (unpaired) electrons. The van der Waals surface area contributed by atoms with Crippen LogP contribution in [0.15, 0.2) is 79.7 Å². The highest BCUT2D eigenvalue weighted by molar-refractivity contribution is 8.19. The Morgan fingerprint density at radius 1 is 0.821 bits per heavy atom. The highest BCUT2D eigenvalue weighted by Gasteiger charge is 2.21. The second-order valence-corrected chi connectivity index (χ2v) is 10.6. The van der Waals surface area contributed by atoms with Crippen molar-refractivity contribution in [2.45, 2.75) is 16.7 Å². The van der Waals surface area contributed by atoms with Crippen molar-refractivity contribution in [3.63, 3.8) is 0 Å². The number of rotatable bonds is 8. The molecule has 0 heterocycles. The Kier molecular flexibility index (Phi) is 8.34. The van der Waals surface area contributed by atoms with E-state index < -0.39 is 65.6 Å². The van der Waals surface area contributed by atoms with Crippen molar-refractivity contribution in [1.82, 2.24) is 0 Å². The number of phenols is 1. The summed E-state index contributed by atoms with van der Waals surface area (Å²) in [6.07, 6.45) is 0. The summed E-state index contributed by atoms with van der Waals surface area (Å²) in [7, 11) is -8.94. The van der Waals surface area contributed by atoms with E-state index in [1.807, 2.05) is 0 Å². The maximum absolute atomic E-state index is 11.8. The molecule has 17 heteroatoms. The topological polar surface area (TPSA) is 259 Å². The number of hydrogen-bond donors (Lipinski definition) is 8. The first kappa shape index (κ1) is 29.2. The lowest BCUT2D eigenvalue weighted by Gasteiger charge is -2.19. The van der Waals surface area contributed by atoms with Gasteiger partial charge in [0.2, 0.25) is 5.84 Å². The van der Waals surface area contributed by atoms with Crippen molar-refractivity contribution in [1.29, 1.82) is 0 Å². The van der Waals surface area contributed by atoms with E-state index >= 15 is 0 Å². The van der Waals surface area contributed by atoms with Gasteiger partial charge in [0.25, 0.3) is 10.1 Å². The zero-order chi connectivity index (χ0) is 29.1. The summed E-state index contributed by atoms with van der Waals surface area (Å²) >= 11 is 0. The molecule has 206 valence electrons. The molecule has 0 spiro atoms. The summed E-state index contributed by atoms with van der Waals surface area (Å²) < 4.78 is 61.1. The summed E-state index contributed by atoms with van der Waals surface area (Å²) in [5.74, 6) is -3.86. The molecule has 0 saturated carbocycles. The van der Waals surface area contributed by atoms with Gasteiger partial charge in [-0.25, -0.2) is 9.59 Å². The average Bonchev–Trinajstić information content (AvgIpc) is 2.84. The molecule has 0 aliphatic carbocycles. The third kappa shape index (κ3) is 6.93. The van der Waals surface area contributed by atoms with E-state index in [0.717, 1.165) is 30.3 Å². The van der Waals surface area contributed by atoms with Crippen LogP contribution in [0.1, 0.15) is 31.8 Å². The van der Waals surface area contributed by atoms with E-state index in [-0.39, 0.29) is 22.4 Å². The summed E-state index contributed by atoms with van der Waals surface area (Å²) in [6, 6.07) is 9.86. The van der Waals surface area contributed by atoms with Crippen LogP contribution in [0.3, 0.4) is 0 Å². The van der Waals surface area contributed by atoms with Gasteiger partial charge in [0, 0.05) is 5.56 Å². The number of hydrazone groups is 1. The standard InChI is InChI=1S/C22H20N4O11S2/c1-11-8-13(39(35,36)37)10-18(19(11)27)24-26-20(14-4-2-3-5-15(14)21(28)29)25-23-17-9-12(38(32,33)34)6-7-16(17)22(30)31/h2-10,24,27,32-34H,1H3,(H,28,29)(H,30,31)(H,35,36,37). The summed E-state index contributed by atoms with van der Waals surface area (Å²) in [5, 5.41) is 40.9. The van der Waals surface area contributed by atoms with Crippen LogP contribution in [0.4, 0.5) is 11.4 Å². The van der Waals surface area contributed by atoms with Gasteiger partial charge in [0.15, 0.2) is 0 Å². The fraction of sp³-hybridized carbons (Fsp3) is 0.0455. The van der Waals surface area contributed by atoms with Gasteiger partial charge in [-0.15, -0.1) is 10.2 Å². The smallest absolute Gasteiger partial charge is 0.337 e. The molecule has 0 aromatic heterocycles. The predicted molar refractivity (Wildman–Crippen MR) is 138 cm³/mol. The fourth-order valence-electron chi connectivity index (χ4n) is 3.14. The molecular weight excluding hydrogens is 560 g/mol. The lowest BCUT2D eigenvalue weighted by Crippen LogP contribution is -2.09. The average molecular weight is 581 g/mol. The van der Waals surface area contributed by atoms with Crippen LogP contribution in [0, 0.1) is 6.92 Å². The normalized spacial score (nSPS) is 12.9. The molecule has 8 N–H and O–H groups in total. The quantitative estimate of drug-likeness (QED) is 0.0458. The Labute approximate surface area is 221 Å². The third-order valence-corrected chi connectivity index (χ3v) is 6.74. The Morgan fingerprint density at radius 3 is 2.00 bits per heavy atom. The largest absolute Gasteiger partial charge is 0.505 e. The number of azo groups is 1. The number of anilines is 1. The first-order valence-corrected chi connectivity index (χ1v) is 13.3. The number of carboxylic acid groups (broad SMARTS) is 2. The number of benzene rings is 3. The fourth-order valence-corrected chi connectivity index (χ4v) is 4.25. The van der Waals surface area contributed by atoms with Crippen LogP contribution in [-0.2, 0) is 10.1 Å². The SMILES string of the molecule is Cc1cc(S(=O)(=O)O)cc(NN=C(N=Nc2cc(S(O)(O)O)ccc2C(=O)O)c2ccccc2C(=O)O)c1O. The molecule has 3 aromatic rings. The number of aromatic carboxylic acids is 2. The number of carboxylic acids is 2. The Hall–Kier alpha value is -4.39. The van der Waals surface area contributed by atoms with E-state index in [1.54, 1.807) is 0 Å². The maximum Gasteiger partial charge on any atom is 0.337 e. The second-order valence-electron chi connectivity index (χ2n) is 7.71. The minimum Gasteiger partial charge on any atom is -0.505 e. The van der Waals surface area contributed by atoms with Gasteiger partial charge in [-0.3, -0.25) is 9.98 Å². The minimum atomic E-state index is -4.68. The van der Waals surface area contributed by atoms with Gasteiger partial charge in [0.1, 0.15) is 22.3 Å². The van der Waals surface area contributed by atoms with Gasteiger partial charge in [-0.05, 0) is 48.9 Å². The van der Waals surface area contributed by atoms with Crippen LogP contribution >= 0.6 is 10.9 Å². The minimum absolute atomic E-state index is 0.0304. The summed E-state index contributed by atoms with van der Waals surface area (Å²) in [4.78, 5) is 22.4. The molecule has 0 fully saturated rings. The van der Waals surface area contributed by atoms with Crippen molar-refractivity contribution in [2.24, 2.45) is 15.3 Å². The number of carbonyl (C=O) groups is 2. The zero-order valence-electron chi connectivity index (χ0n) is 19.6. The molecule has 0 bridgehead atoms. The van der Waals surface area contributed by atoms with Crippen LogP contribution in [0.25, 0.3) is 0 Å². The maximum atomic E-state index is 11.8. The Balaban J connectivity index is 2.21. The van der Waals surface area contributed by atoms with E-state index in [9.17, 15) is 51.5 Å². The van der Waals surface area contributed by atoms with Crippen LogP contribution in [-0.4, -0.2) is 59.7 Å². The van der Waals surface area contributed by atoms with Crippen LogP contribution in [0.2, 0.25) is 0 Å². The predicted octanol–water partition coefficient (Wildman–Crippen LogP) is 4.48. The molecule has 39 heavy (non-hydrogen) atoms. The van der Waals surface area contributed by atoms with Gasteiger partial charge >= 0.3 is 11.9 Å². The lowest BCUT2D eigenvalue weighted by molar-refractivity contribution is 0.0686. The molecule has 0 aliphatic rings. The molecule has 0 aliphatic heterocycles. The first-order valence-electron chi connectivity index (χ1n) is 10.4. The van der Waals surface area contributed by atoms with Crippen molar-refractivity contribution in [3.8, 4) is 5.75 Å². The molecule has 3 aromatic carbocycles. The highest BCUT2D eigenvalue weighted by atomic mass is 32.3. The number of amidine groups is 1. The van der Waals surface area contributed by atoms with E-state index in [4.69, 9.17) is 0 Å². The molecule has 0 atom stereocenters. The molecule has 0 amide bonds. The molecule has 15 nitrogen and oxygen atoms in total. The lowest BCUT2D eigenvalue weighted by atomic mass is 10.1. The van der Waals surface area contributed by atoms with E-state index in [2.05, 4.69) is 20.8 Å². The first-order chi connectivity index (χ1) is 18.1. The van der Waals surface area contributed by atoms with Crippen LogP contribution < -0.4 is 5.43 Å². The third-order valence-electron chi connectivity index (χ3n) is 5.02. The van der Waals surface area contributed by atoms with Crippen molar-refractivity contribution in [2.75, 3.05) is 5.43 Å². The number of aryl methyl sites for hydroxylation is 1. The zero-order valence-corrected chi connectivity index (χ0v) is 21.3. The van der Waals surface area contributed by atoms with Crippen molar-refractivity contribution in [3.05, 3.63) is 76.9 Å². The second kappa shape index (κ2) is 11.2. The summed E-state index contributed by atoms with van der Waals surface area (Å²) in [6.45, 7) is 1.34. The monoisotopic (exact) mass is 580 g/mol. The summed E-state index contributed by atoms with van der Waals surface area (Å²) in [5.41, 5.74) is 0.613. The number of nitrogens with one attached hydrogen (secondary N) is 1. The van der Waals surface area contributed by atoms with E-state index in [1.165, 1.54) is 31.2 Å². The van der Waals surface area contributed by atoms with Crippen molar-refractivity contribution >= 4 is 50.1 Å². The molecule has 0 saturated heterocycles. The Morgan fingerprint density at radius 2 is 1.44 bits per heavy atom. The van der Waals surface area contributed by atoms with Crippen molar-refractivity contribution < 1.29 is 51.5 Å².